The van der Waals surface area contributed by atoms with Gasteiger partial charge in [-0.1, -0.05) is 19.3 Å². The average molecular weight is 384 g/mol. The molecule has 1 aliphatic carbocycles. The Morgan fingerprint density at radius 1 is 1.31 bits per heavy atom. The summed E-state index contributed by atoms with van der Waals surface area (Å²) >= 11 is 0. The van der Waals surface area contributed by atoms with Crippen LogP contribution in [0.2, 0.25) is 0 Å². The van der Waals surface area contributed by atoms with Crippen molar-refractivity contribution in [2.75, 3.05) is 31.8 Å². The van der Waals surface area contributed by atoms with Gasteiger partial charge in [-0.25, -0.2) is 17.1 Å². The molecular formula is C18H25FN2O4S. The molecule has 144 valence electrons. The van der Waals surface area contributed by atoms with E-state index < -0.39 is 21.8 Å². The number of amides is 1. The molecule has 6 nitrogen and oxygen atoms in total. The number of benzene rings is 1. The van der Waals surface area contributed by atoms with Gasteiger partial charge >= 0.3 is 0 Å². The smallest absolute Gasteiger partial charge is 0.229 e. The van der Waals surface area contributed by atoms with Gasteiger partial charge in [-0.05, 0) is 30.4 Å². The molecule has 3 rings (SSSR count). The second-order valence-corrected chi connectivity index (χ2v) is 9.35. The summed E-state index contributed by atoms with van der Waals surface area (Å²) in [4.78, 5) is 12.9. The SMILES string of the molecule is COc1ccc(NC(=O)C2CN(S(C)(=O)=O)CC23CCCCC3)cc1F. The van der Waals surface area contributed by atoms with Gasteiger partial charge in [0.15, 0.2) is 11.6 Å². The lowest BCUT2D eigenvalue weighted by Gasteiger charge is -2.37. The number of hydrogen-bond donors (Lipinski definition) is 1. The molecule has 1 amide bonds. The number of methoxy groups -OCH3 is 1. The highest BCUT2D eigenvalue weighted by Gasteiger charge is 2.52. The number of anilines is 1. The van der Waals surface area contributed by atoms with Crippen LogP contribution in [0.5, 0.6) is 5.75 Å². The maximum atomic E-state index is 13.9. The van der Waals surface area contributed by atoms with E-state index in [0.717, 1.165) is 32.1 Å². The van der Waals surface area contributed by atoms with Crippen LogP contribution < -0.4 is 10.1 Å². The van der Waals surface area contributed by atoms with Crippen molar-refractivity contribution in [3.63, 3.8) is 0 Å². The maximum absolute atomic E-state index is 13.9. The van der Waals surface area contributed by atoms with Crippen LogP contribution in [0.25, 0.3) is 0 Å². The molecule has 8 heteroatoms. The lowest BCUT2D eigenvalue weighted by Crippen LogP contribution is -2.39. The van der Waals surface area contributed by atoms with E-state index in [9.17, 15) is 17.6 Å². The van der Waals surface area contributed by atoms with Gasteiger partial charge in [-0.3, -0.25) is 4.79 Å². The van der Waals surface area contributed by atoms with Gasteiger partial charge in [0.25, 0.3) is 0 Å². The summed E-state index contributed by atoms with van der Waals surface area (Å²) in [5, 5.41) is 2.76. The average Bonchev–Trinajstić information content (AvgIpc) is 2.95. The molecule has 0 radical (unpaired) electrons. The van der Waals surface area contributed by atoms with Gasteiger partial charge in [-0.15, -0.1) is 0 Å². The normalized spacial score (nSPS) is 23.1. The Labute approximate surface area is 153 Å². The largest absolute Gasteiger partial charge is 0.494 e. The summed E-state index contributed by atoms with van der Waals surface area (Å²) in [6, 6.07) is 4.25. The zero-order valence-electron chi connectivity index (χ0n) is 15.1. The minimum absolute atomic E-state index is 0.107. The van der Waals surface area contributed by atoms with Crippen LogP contribution in [-0.4, -0.2) is 45.1 Å². The number of sulfonamides is 1. The van der Waals surface area contributed by atoms with Crippen LogP contribution in [-0.2, 0) is 14.8 Å². The van der Waals surface area contributed by atoms with Crippen molar-refractivity contribution in [1.82, 2.24) is 4.31 Å². The van der Waals surface area contributed by atoms with Crippen LogP contribution in [0.4, 0.5) is 10.1 Å². The zero-order valence-corrected chi connectivity index (χ0v) is 15.9. The molecule has 1 N–H and O–H groups in total. The Morgan fingerprint density at radius 2 is 2.00 bits per heavy atom. The zero-order chi connectivity index (χ0) is 18.9. The predicted molar refractivity (Wildman–Crippen MR) is 97.0 cm³/mol. The van der Waals surface area contributed by atoms with Crippen molar-refractivity contribution in [3.8, 4) is 5.75 Å². The van der Waals surface area contributed by atoms with Crippen molar-refractivity contribution in [2.24, 2.45) is 11.3 Å². The first-order valence-corrected chi connectivity index (χ1v) is 10.7. The Bertz CT molecular complexity index is 790. The number of nitrogens with one attached hydrogen (secondary N) is 1. The van der Waals surface area contributed by atoms with Crippen molar-refractivity contribution < 1.29 is 22.3 Å². The molecule has 1 atom stereocenters. The fourth-order valence-electron chi connectivity index (χ4n) is 4.27. The first-order chi connectivity index (χ1) is 12.2. The van der Waals surface area contributed by atoms with Crippen LogP contribution >= 0.6 is 0 Å². The summed E-state index contributed by atoms with van der Waals surface area (Å²) in [6.07, 6.45) is 5.97. The van der Waals surface area contributed by atoms with E-state index in [1.165, 1.54) is 29.8 Å². The van der Waals surface area contributed by atoms with Gasteiger partial charge in [0.05, 0.1) is 19.3 Å². The molecule has 1 heterocycles. The topological polar surface area (TPSA) is 75.7 Å². The second-order valence-electron chi connectivity index (χ2n) is 7.37. The number of nitrogens with zero attached hydrogens (tertiary/aromatic N) is 1. The van der Waals surface area contributed by atoms with E-state index >= 15 is 0 Å². The lowest BCUT2D eigenvalue weighted by molar-refractivity contribution is -0.123. The van der Waals surface area contributed by atoms with Gasteiger partial charge < -0.3 is 10.1 Å². The highest BCUT2D eigenvalue weighted by Crippen LogP contribution is 2.48. The van der Waals surface area contributed by atoms with E-state index in [-0.39, 0.29) is 23.6 Å². The minimum atomic E-state index is -3.36. The van der Waals surface area contributed by atoms with Crippen LogP contribution in [0, 0.1) is 17.2 Å². The third-order valence-corrected chi connectivity index (χ3v) is 6.89. The molecule has 0 aromatic heterocycles. The van der Waals surface area contributed by atoms with Crippen LogP contribution in [0.15, 0.2) is 18.2 Å². The quantitative estimate of drug-likeness (QED) is 0.866. The number of ether oxygens (including phenoxy) is 1. The molecular weight excluding hydrogens is 359 g/mol. The third kappa shape index (κ3) is 3.71. The summed E-state index contributed by atoms with van der Waals surface area (Å²) in [5.41, 5.74) is 0.0215. The second kappa shape index (κ2) is 7.15. The number of rotatable bonds is 4. The van der Waals surface area contributed by atoms with Crippen molar-refractivity contribution >= 4 is 21.6 Å². The molecule has 1 aromatic carbocycles. The van der Waals surface area contributed by atoms with Gasteiger partial charge in [0.1, 0.15) is 0 Å². The summed E-state index contributed by atoms with van der Waals surface area (Å²) in [7, 11) is -1.98. The number of carbonyl (C=O) groups is 1. The monoisotopic (exact) mass is 384 g/mol. The van der Waals surface area contributed by atoms with Crippen LogP contribution in [0.1, 0.15) is 32.1 Å². The molecule has 1 saturated heterocycles. The third-order valence-electron chi connectivity index (χ3n) is 5.67. The maximum Gasteiger partial charge on any atom is 0.229 e. The van der Waals surface area contributed by atoms with Crippen LogP contribution in [0.3, 0.4) is 0 Å². The first kappa shape index (κ1) is 19.1. The van der Waals surface area contributed by atoms with E-state index in [1.807, 2.05) is 0 Å². The van der Waals surface area contributed by atoms with Gasteiger partial charge in [0.2, 0.25) is 15.9 Å². The van der Waals surface area contributed by atoms with Crippen molar-refractivity contribution in [1.29, 1.82) is 0 Å². The number of halogens is 1. The molecule has 1 aliphatic heterocycles. The molecule has 1 saturated carbocycles. The van der Waals surface area contributed by atoms with Crippen molar-refractivity contribution in [3.05, 3.63) is 24.0 Å². The minimum Gasteiger partial charge on any atom is -0.494 e. The Morgan fingerprint density at radius 3 is 2.58 bits per heavy atom. The summed E-state index contributed by atoms with van der Waals surface area (Å²) < 4.78 is 44.2. The van der Waals surface area contributed by atoms with E-state index in [1.54, 1.807) is 6.07 Å². The molecule has 2 aliphatic rings. The Kier molecular flexibility index (Phi) is 5.25. The van der Waals surface area contributed by atoms with Crippen molar-refractivity contribution in [2.45, 2.75) is 32.1 Å². The Balaban J connectivity index is 1.82. The first-order valence-electron chi connectivity index (χ1n) is 8.85. The predicted octanol–water partition coefficient (Wildman–Crippen LogP) is 2.61. The highest BCUT2D eigenvalue weighted by atomic mass is 32.2. The number of hydrogen-bond acceptors (Lipinski definition) is 4. The summed E-state index contributed by atoms with van der Waals surface area (Å²) in [6.45, 7) is 0.574. The molecule has 0 bridgehead atoms. The Hall–Kier alpha value is -1.67. The fourth-order valence-corrected chi connectivity index (χ4v) is 5.18. The molecule has 1 spiro atoms. The molecule has 2 fully saturated rings. The van der Waals surface area contributed by atoms with Gasteiger partial charge in [0, 0.05) is 24.8 Å². The van der Waals surface area contributed by atoms with Gasteiger partial charge in [-0.2, -0.15) is 0 Å². The number of carbonyl (C=O) groups excluding carboxylic acids is 1. The highest BCUT2D eigenvalue weighted by molar-refractivity contribution is 7.88. The molecule has 1 aromatic rings. The van der Waals surface area contributed by atoms with E-state index in [4.69, 9.17) is 4.74 Å². The molecule has 26 heavy (non-hydrogen) atoms. The standard InChI is InChI=1S/C18H25FN2O4S/c1-25-16-7-6-13(10-15(16)19)20-17(22)14-11-21(26(2,23)24)12-18(14)8-4-3-5-9-18/h6-7,10,14H,3-5,8-9,11-12H2,1-2H3,(H,20,22). The fraction of sp³-hybridized carbons (Fsp3) is 0.611. The van der Waals surface area contributed by atoms with E-state index in [0.29, 0.717) is 12.2 Å². The lowest BCUT2D eigenvalue weighted by atomic mass is 9.67. The summed E-state index contributed by atoms with van der Waals surface area (Å²) in [5.74, 6) is -1.12. The molecule has 1 unspecified atom stereocenters. The van der Waals surface area contributed by atoms with E-state index in [2.05, 4.69) is 5.32 Å².